The van der Waals surface area contributed by atoms with Crippen molar-refractivity contribution in [3.63, 3.8) is 0 Å². The van der Waals surface area contributed by atoms with Gasteiger partial charge in [0.15, 0.2) is 0 Å². The topological polar surface area (TPSA) is 4.93 Å². The van der Waals surface area contributed by atoms with Crippen LogP contribution in [0.1, 0.15) is 22.3 Å². The highest BCUT2D eigenvalue weighted by Gasteiger charge is 2.53. The lowest BCUT2D eigenvalue weighted by atomic mass is 9.69. The third-order valence-electron chi connectivity index (χ3n) is 9.78. The number of fused-ring (bicyclic) bond motifs is 15. The van der Waals surface area contributed by atoms with Crippen LogP contribution in [-0.2, 0) is 5.41 Å². The van der Waals surface area contributed by atoms with E-state index in [0.29, 0.717) is 0 Å². The molecule has 0 bridgehead atoms. The molecule has 0 amide bonds. The lowest BCUT2D eigenvalue weighted by molar-refractivity contribution is 0.801. The van der Waals surface area contributed by atoms with Crippen LogP contribution in [-0.4, -0.2) is 4.57 Å². The zero-order chi connectivity index (χ0) is 27.4. The first-order valence-corrected chi connectivity index (χ1v) is 14.7. The average molecular weight is 532 g/mol. The second-order valence-electron chi connectivity index (χ2n) is 11.6. The van der Waals surface area contributed by atoms with Crippen molar-refractivity contribution in [1.82, 2.24) is 4.57 Å². The van der Waals surface area contributed by atoms with E-state index in [2.05, 4.69) is 156 Å². The third-order valence-corrected chi connectivity index (χ3v) is 9.78. The van der Waals surface area contributed by atoms with Gasteiger partial charge in [0.25, 0.3) is 0 Å². The van der Waals surface area contributed by atoms with Crippen LogP contribution < -0.4 is 0 Å². The molecule has 1 nitrogen and oxygen atoms in total. The summed E-state index contributed by atoms with van der Waals surface area (Å²) in [6.07, 6.45) is 0. The maximum Gasteiger partial charge on any atom is 0.0732 e. The molecule has 1 spiro atoms. The lowest BCUT2D eigenvalue weighted by Gasteiger charge is -2.31. The van der Waals surface area contributed by atoms with Crippen molar-refractivity contribution in [3.05, 3.63) is 174 Å². The van der Waals surface area contributed by atoms with Crippen molar-refractivity contribution < 1.29 is 0 Å². The SMILES string of the molecule is c1ccc2c(c1)-c1ccccc1C21c2ccccc2-c2c(-n3c4ccccc4c4ccccc43)cc3ccccc3c21. The third kappa shape index (κ3) is 2.52. The summed E-state index contributed by atoms with van der Waals surface area (Å²) in [6, 6.07) is 56.4. The number of nitrogens with zero attached hydrogens (tertiary/aromatic N) is 1. The second-order valence-corrected chi connectivity index (χ2v) is 11.6. The van der Waals surface area contributed by atoms with Crippen molar-refractivity contribution >= 4 is 32.6 Å². The van der Waals surface area contributed by atoms with Crippen molar-refractivity contribution in [1.29, 1.82) is 0 Å². The molecule has 1 aromatic heterocycles. The van der Waals surface area contributed by atoms with Gasteiger partial charge in [-0.3, -0.25) is 0 Å². The van der Waals surface area contributed by atoms with Crippen LogP contribution in [0.15, 0.2) is 152 Å². The molecular weight excluding hydrogens is 506 g/mol. The number of para-hydroxylation sites is 2. The van der Waals surface area contributed by atoms with E-state index in [1.54, 1.807) is 0 Å². The van der Waals surface area contributed by atoms with Gasteiger partial charge in [-0.2, -0.15) is 0 Å². The molecule has 0 saturated carbocycles. The monoisotopic (exact) mass is 531 g/mol. The molecule has 2 aliphatic rings. The van der Waals surface area contributed by atoms with E-state index in [4.69, 9.17) is 0 Å². The molecule has 0 fully saturated rings. The van der Waals surface area contributed by atoms with Crippen LogP contribution in [0.2, 0.25) is 0 Å². The van der Waals surface area contributed by atoms with E-state index in [1.807, 2.05) is 0 Å². The molecule has 0 atom stereocenters. The maximum atomic E-state index is 2.51. The first kappa shape index (κ1) is 22.3. The molecule has 194 valence electrons. The van der Waals surface area contributed by atoms with Crippen LogP contribution in [0, 0.1) is 0 Å². The van der Waals surface area contributed by atoms with Crippen LogP contribution in [0.4, 0.5) is 0 Å². The normalized spacial score (nSPS) is 13.9. The second kappa shape index (κ2) is 7.87. The molecule has 1 heteroatoms. The lowest BCUT2D eigenvalue weighted by Crippen LogP contribution is -2.26. The van der Waals surface area contributed by atoms with Gasteiger partial charge in [-0.25, -0.2) is 0 Å². The molecule has 2 aliphatic carbocycles. The summed E-state index contributed by atoms with van der Waals surface area (Å²) in [4.78, 5) is 0. The van der Waals surface area contributed by atoms with E-state index in [-0.39, 0.29) is 0 Å². The molecule has 0 radical (unpaired) electrons. The zero-order valence-electron chi connectivity index (χ0n) is 22.9. The standard InChI is InChI=1S/C41H25N/c1-2-14-27-26(13-1)25-38(42-36-23-11-6-17-30(36)31-18-7-12-24-37(31)42)39-32-19-5-10-22-35(32)41(40(27)39)33-20-8-3-15-28(33)29-16-4-9-21-34(29)41/h1-25H. The largest absolute Gasteiger partial charge is 0.309 e. The zero-order valence-corrected chi connectivity index (χ0v) is 22.9. The van der Waals surface area contributed by atoms with Crippen molar-refractivity contribution in [2.45, 2.75) is 5.41 Å². The van der Waals surface area contributed by atoms with Gasteiger partial charge >= 0.3 is 0 Å². The Hall–Kier alpha value is -5.40. The fourth-order valence-corrected chi connectivity index (χ4v) is 8.31. The number of aromatic nitrogens is 1. The predicted molar refractivity (Wildman–Crippen MR) is 175 cm³/mol. The van der Waals surface area contributed by atoms with Gasteiger partial charge in [0.1, 0.15) is 0 Å². The summed E-state index contributed by atoms with van der Waals surface area (Å²) in [5.41, 5.74) is 14.2. The average Bonchev–Trinajstić information content (AvgIpc) is 3.67. The Morgan fingerprint density at radius 2 is 0.857 bits per heavy atom. The van der Waals surface area contributed by atoms with Gasteiger partial charge in [-0.15, -0.1) is 0 Å². The van der Waals surface area contributed by atoms with E-state index >= 15 is 0 Å². The minimum Gasteiger partial charge on any atom is -0.309 e. The summed E-state index contributed by atoms with van der Waals surface area (Å²) in [6.45, 7) is 0. The van der Waals surface area contributed by atoms with Crippen LogP contribution in [0.3, 0.4) is 0 Å². The molecule has 1 heterocycles. The van der Waals surface area contributed by atoms with Gasteiger partial charge < -0.3 is 4.57 Å². The molecule has 0 aliphatic heterocycles. The van der Waals surface area contributed by atoms with E-state index < -0.39 is 5.41 Å². The Kier molecular flexibility index (Phi) is 4.18. The molecule has 0 N–H and O–H groups in total. The highest BCUT2D eigenvalue weighted by molar-refractivity contribution is 6.12. The number of rotatable bonds is 1. The van der Waals surface area contributed by atoms with Crippen molar-refractivity contribution in [2.24, 2.45) is 0 Å². The van der Waals surface area contributed by atoms with E-state index in [9.17, 15) is 0 Å². The Balaban J connectivity index is 1.48. The molecule has 8 aromatic rings. The van der Waals surface area contributed by atoms with Crippen LogP contribution in [0.25, 0.3) is 60.5 Å². The van der Waals surface area contributed by atoms with Gasteiger partial charge in [0, 0.05) is 16.3 Å². The van der Waals surface area contributed by atoms with Crippen molar-refractivity contribution in [2.75, 3.05) is 0 Å². The minimum absolute atomic E-state index is 0.395. The molecular formula is C41H25N. The molecule has 42 heavy (non-hydrogen) atoms. The Morgan fingerprint density at radius 1 is 0.405 bits per heavy atom. The van der Waals surface area contributed by atoms with Gasteiger partial charge in [-0.05, 0) is 67.9 Å². The van der Waals surface area contributed by atoms with Crippen LogP contribution >= 0.6 is 0 Å². The summed E-state index contributed by atoms with van der Waals surface area (Å²) >= 11 is 0. The number of hydrogen-bond acceptors (Lipinski definition) is 0. The number of hydrogen-bond donors (Lipinski definition) is 0. The fraction of sp³-hybridized carbons (Fsp3) is 0.0244. The fourth-order valence-electron chi connectivity index (χ4n) is 8.31. The summed E-state index contributed by atoms with van der Waals surface area (Å²) < 4.78 is 2.51. The van der Waals surface area contributed by atoms with E-state index in [1.165, 1.54) is 82.8 Å². The molecule has 10 rings (SSSR count). The predicted octanol–water partition coefficient (Wildman–Crippen LogP) is 10.3. The Morgan fingerprint density at radius 3 is 1.48 bits per heavy atom. The quantitative estimate of drug-likeness (QED) is 0.199. The highest BCUT2D eigenvalue weighted by Crippen LogP contribution is 2.65. The summed E-state index contributed by atoms with van der Waals surface area (Å²) in [7, 11) is 0. The molecule has 0 unspecified atom stereocenters. The van der Waals surface area contributed by atoms with Gasteiger partial charge in [-0.1, -0.05) is 133 Å². The smallest absolute Gasteiger partial charge is 0.0732 e. The summed E-state index contributed by atoms with van der Waals surface area (Å²) in [5, 5.41) is 5.15. The Bertz CT molecular complexity index is 2320. The maximum absolute atomic E-state index is 2.51. The summed E-state index contributed by atoms with van der Waals surface area (Å²) in [5.74, 6) is 0. The number of benzene rings is 7. The first-order chi connectivity index (χ1) is 20.9. The van der Waals surface area contributed by atoms with E-state index in [0.717, 1.165) is 0 Å². The molecule has 0 saturated heterocycles. The highest BCUT2D eigenvalue weighted by atomic mass is 15.0. The van der Waals surface area contributed by atoms with Gasteiger partial charge in [0.2, 0.25) is 0 Å². The Labute approximate surface area is 243 Å². The first-order valence-electron chi connectivity index (χ1n) is 14.7. The van der Waals surface area contributed by atoms with Crippen LogP contribution in [0.5, 0.6) is 0 Å². The minimum atomic E-state index is -0.395. The van der Waals surface area contributed by atoms with Crippen molar-refractivity contribution in [3.8, 4) is 27.9 Å². The molecule has 7 aromatic carbocycles. The van der Waals surface area contributed by atoms with Gasteiger partial charge in [0.05, 0.1) is 22.1 Å².